The average Bonchev–Trinajstić information content (AvgIpc) is 3.27. The molecule has 3 N–H and O–H groups in total. The maximum absolute atomic E-state index is 13.9. The lowest BCUT2D eigenvalue weighted by Crippen LogP contribution is -2.28. The monoisotopic (exact) mass is 792 g/mol. The van der Waals surface area contributed by atoms with E-state index in [1.807, 2.05) is 91.0 Å². The molecule has 0 saturated heterocycles. The van der Waals surface area contributed by atoms with Crippen LogP contribution in [0.5, 0.6) is 23.1 Å². The molecule has 0 bridgehead atoms. The first-order valence-electron chi connectivity index (χ1n) is 18.5. The number of Topliss-reactive ketones (excluding diaryl/α,β-unsaturated/α-hetero) is 2. The SMILES string of the molecule is COC1=C(N)C(=O)c2nc(-c3nc(OCc4ccccc4)c(C)c(-c4ccc(OC)c(OC)c4OCc4ccccc4)c3NC(=O)OCc3ccccc3)ccc2C1=O. The number of hydrogen-bond acceptors (Lipinski definition) is 12. The predicted octanol–water partition coefficient (Wildman–Crippen LogP) is 8.24. The van der Waals surface area contributed by atoms with Crippen molar-refractivity contribution in [2.24, 2.45) is 5.73 Å². The number of nitrogens with one attached hydrogen (secondary N) is 1. The Morgan fingerprint density at radius 2 is 1.22 bits per heavy atom. The van der Waals surface area contributed by atoms with Crippen molar-refractivity contribution in [1.82, 2.24) is 9.97 Å². The number of ketones is 2. The van der Waals surface area contributed by atoms with E-state index in [0.717, 1.165) is 16.7 Å². The van der Waals surface area contributed by atoms with Crippen LogP contribution in [-0.2, 0) is 29.3 Å². The number of aromatic nitrogens is 2. The van der Waals surface area contributed by atoms with E-state index < -0.39 is 17.7 Å². The van der Waals surface area contributed by atoms with Crippen molar-refractivity contribution < 1.29 is 42.8 Å². The fraction of sp³-hybridized carbons (Fsp3) is 0.152. The lowest BCUT2D eigenvalue weighted by atomic mass is 9.93. The topological polar surface area (TPSA) is 170 Å². The van der Waals surface area contributed by atoms with Crippen LogP contribution in [0.15, 0.2) is 127 Å². The second-order valence-electron chi connectivity index (χ2n) is 13.3. The molecule has 0 saturated carbocycles. The summed E-state index contributed by atoms with van der Waals surface area (Å²) in [7, 11) is 4.28. The van der Waals surface area contributed by atoms with Crippen LogP contribution < -0.4 is 30.0 Å². The number of nitrogens with zero attached hydrogens (tertiary/aromatic N) is 2. The molecule has 0 spiro atoms. The minimum atomic E-state index is -0.816. The molecule has 0 unspecified atom stereocenters. The molecule has 1 aliphatic carbocycles. The number of rotatable bonds is 14. The van der Waals surface area contributed by atoms with E-state index in [2.05, 4.69) is 10.3 Å². The van der Waals surface area contributed by atoms with Crippen molar-refractivity contribution in [3.8, 4) is 45.6 Å². The van der Waals surface area contributed by atoms with Gasteiger partial charge in [-0.05, 0) is 47.9 Å². The van der Waals surface area contributed by atoms with Gasteiger partial charge in [0.05, 0.1) is 38.3 Å². The number of allylic oxidation sites excluding steroid dienone is 2. The van der Waals surface area contributed by atoms with E-state index in [4.69, 9.17) is 39.1 Å². The van der Waals surface area contributed by atoms with E-state index in [9.17, 15) is 14.4 Å². The standard InChI is InChI=1S/C46H40N4O9/c1-27-35(31-21-23-34(54-2)43(55-3)42(31)57-24-28-14-8-5-9-15-28)39(50-46(53)59-26-30-18-12-7-13-19-30)38(49-45(27)58-25-29-16-10-6-11-17-29)33-22-20-32-37(48-33)41(52)36(47)44(56-4)40(32)51/h5-23H,24-26,47H2,1-4H3,(H,50,53). The van der Waals surface area contributed by atoms with Gasteiger partial charge >= 0.3 is 6.09 Å². The Morgan fingerprint density at radius 1 is 0.627 bits per heavy atom. The molecule has 13 heteroatoms. The van der Waals surface area contributed by atoms with Crippen LogP contribution in [0.4, 0.5) is 10.5 Å². The predicted molar refractivity (Wildman–Crippen MR) is 219 cm³/mol. The maximum atomic E-state index is 13.9. The molecule has 0 aliphatic heterocycles. The number of benzene rings is 4. The molecule has 7 rings (SSSR count). The van der Waals surface area contributed by atoms with Crippen molar-refractivity contribution in [3.63, 3.8) is 0 Å². The third-order valence-electron chi connectivity index (χ3n) is 9.55. The molecule has 1 aliphatic rings. The van der Waals surface area contributed by atoms with E-state index in [0.29, 0.717) is 22.4 Å². The molecular formula is C46H40N4O9. The Morgan fingerprint density at radius 3 is 1.81 bits per heavy atom. The number of ether oxygens (including phenoxy) is 6. The number of hydrogen-bond donors (Lipinski definition) is 2. The van der Waals surface area contributed by atoms with Crippen LogP contribution in [0.25, 0.3) is 22.5 Å². The highest BCUT2D eigenvalue weighted by Gasteiger charge is 2.35. The van der Waals surface area contributed by atoms with Crippen LogP contribution in [0.1, 0.15) is 43.1 Å². The lowest BCUT2D eigenvalue weighted by molar-refractivity contribution is 0.0902. The number of anilines is 1. The zero-order chi connectivity index (χ0) is 41.5. The first-order valence-corrected chi connectivity index (χ1v) is 18.5. The summed E-state index contributed by atoms with van der Waals surface area (Å²) in [5.74, 6) is -0.441. The van der Waals surface area contributed by atoms with Gasteiger partial charge in [0.1, 0.15) is 36.9 Å². The maximum Gasteiger partial charge on any atom is 0.412 e. The second-order valence-corrected chi connectivity index (χ2v) is 13.3. The van der Waals surface area contributed by atoms with Crippen LogP contribution in [0, 0.1) is 6.92 Å². The molecule has 0 atom stereocenters. The van der Waals surface area contributed by atoms with Crippen LogP contribution in [-0.4, -0.2) is 49.0 Å². The first-order chi connectivity index (χ1) is 28.7. The minimum absolute atomic E-state index is 0.00837. The van der Waals surface area contributed by atoms with Gasteiger partial charge in [-0.15, -0.1) is 0 Å². The van der Waals surface area contributed by atoms with Gasteiger partial charge in [0, 0.05) is 16.7 Å². The number of methoxy groups -OCH3 is 3. The van der Waals surface area contributed by atoms with Crippen LogP contribution in [0.2, 0.25) is 0 Å². The molecule has 1 amide bonds. The highest BCUT2D eigenvalue weighted by molar-refractivity contribution is 6.25. The fourth-order valence-corrected chi connectivity index (χ4v) is 6.62. The highest BCUT2D eigenvalue weighted by atomic mass is 16.5. The fourth-order valence-electron chi connectivity index (χ4n) is 6.62. The Labute approximate surface area is 340 Å². The number of amides is 1. The third kappa shape index (κ3) is 8.26. The van der Waals surface area contributed by atoms with Crippen LogP contribution >= 0.6 is 0 Å². The Kier molecular flexibility index (Phi) is 11.8. The summed E-state index contributed by atoms with van der Waals surface area (Å²) in [5.41, 5.74) is 9.68. The lowest BCUT2D eigenvalue weighted by Gasteiger charge is -2.24. The van der Waals surface area contributed by atoms with Crippen molar-refractivity contribution in [3.05, 3.63) is 160 Å². The van der Waals surface area contributed by atoms with Gasteiger partial charge in [0.25, 0.3) is 0 Å². The van der Waals surface area contributed by atoms with E-state index in [1.165, 1.54) is 33.5 Å². The Hall–Kier alpha value is -7.67. The molecule has 6 aromatic rings. The number of carbonyl (C=O) groups is 3. The number of nitrogens with two attached hydrogens (primary N) is 1. The van der Waals surface area contributed by atoms with Crippen molar-refractivity contribution in [2.75, 3.05) is 26.6 Å². The van der Waals surface area contributed by atoms with Gasteiger partial charge in [-0.25, -0.2) is 14.8 Å². The first kappa shape index (κ1) is 39.6. The van der Waals surface area contributed by atoms with E-state index in [1.54, 1.807) is 19.1 Å². The number of fused-ring (bicyclic) bond motifs is 1. The molecule has 2 heterocycles. The Balaban J connectivity index is 1.47. The summed E-state index contributed by atoms with van der Waals surface area (Å²) in [6.45, 7) is 2.04. The summed E-state index contributed by atoms with van der Waals surface area (Å²) in [5, 5.41) is 2.93. The van der Waals surface area contributed by atoms with E-state index >= 15 is 0 Å². The van der Waals surface area contributed by atoms with Gasteiger partial charge in [0.15, 0.2) is 17.3 Å². The van der Waals surface area contributed by atoms with Gasteiger partial charge in [0.2, 0.25) is 23.2 Å². The zero-order valence-electron chi connectivity index (χ0n) is 32.7. The molecule has 0 radical (unpaired) electrons. The van der Waals surface area contributed by atoms with Gasteiger partial charge in [-0.1, -0.05) is 91.0 Å². The Bertz CT molecular complexity index is 2560. The molecule has 4 aromatic carbocycles. The van der Waals surface area contributed by atoms with E-state index in [-0.39, 0.29) is 77.0 Å². The smallest absolute Gasteiger partial charge is 0.412 e. The van der Waals surface area contributed by atoms with Gasteiger partial charge in [-0.2, -0.15) is 0 Å². The largest absolute Gasteiger partial charge is 0.493 e. The molecule has 13 nitrogen and oxygen atoms in total. The number of pyridine rings is 2. The molecule has 0 fully saturated rings. The van der Waals surface area contributed by atoms with Gasteiger partial charge < -0.3 is 34.2 Å². The van der Waals surface area contributed by atoms with Crippen molar-refractivity contribution >= 4 is 23.3 Å². The summed E-state index contributed by atoms with van der Waals surface area (Å²) in [4.78, 5) is 50.4. The van der Waals surface area contributed by atoms with Crippen molar-refractivity contribution in [2.45, 2.75) is 26.7 Å². The van der Waals surface area contributed by atoms with Gasteiger partial charge in [-0.3, -0.25) is 14.9 Å². The minimum Gasteiger partial charge on any atom is -0.493 e. The quantitative estimate of drug-likeness (QED) is 0.108. The molecule has 298 valence electrons. The average molecular weight is 793 g/mol. The summed E-state index contributed by atoms with van der Waals surface area (Å²) < 4.78 is 35.5. The van der Waals surface area contributed by atoms with Crippen LogP contribution in [0.3, 0.4) is 0 Å². The zero-order valence-corrected chi connectivity index (χ0v) is 32.7. The normalized spacial score (nSPS) is 12.1. The second kappa shape index (κ2) is 17.6. The molecule has 2 aromatic heterocycles. The highest BCUT2D eigenvalue weighted by Crippen LogP contribution is 2.50. The van der Waals surface area contributed by atoms with Crippen molar-refractivity contribution in [1.29, 1.82) is 0 Å². The summed E-state index contributed by atoms with van der Waals surface area (Å²) in [6.07, 6.45) is -0.816. The molecule has 59 heavy (non-hydrogen) atoms. The third-order valence-corrected chi connectivity index (χ3v) is 9.55. The summed E-state index contributed by atoms with van der Waals surface area (Å²) >= 11 is 0. The molecular weight excluding hydrogens is 753 g/mol. The summed E-state index contributed by atoms with van der Waals surface area (Å²) in [6, 6.07) is 34.8. The number of carbonyl (C=O) groups excluding carboxylic acids is 3.